The summed E-state index contributed by atoms with van der Waals surface area (Å²) in [6.45, 7) is 4.29. The molecule has 0 fully saturated rings. The van der Waals surface area contributed by atoms with Crippen molar-refractivity contribution in [2.45, 2.75) is 26.4 Å². The van der Waals surface area contributed by atoms with Crippen molar-refractivity contribution in [2.75, 3.05) is 6.54 Å². The van der Waals surface area contributed by atoms with E-state index >= 15 is 0 Å². The van der Waals surface area contributed by atoms with Crippen LogP contribution in [-0.4, -0.2) is 28.2 Å². The first-order valence-electron chi connectivity index (χ1n) is 5.98. The minimum Gasteiger partial charge on any atom is -0.393 e. The zero-order chi connectivity index (χ0) is 13.7. The van der Waals surface area contributed by atoms with Crippen LogP contribution in [0.2, 0.25) is 0 Å². The van der Waals surface area contributed by atoms with Gasteiger partial charge in [0.05, 0.1) is 11.7 Å². The first-order valence-corrected chi connectivity index (χ1v) is 5.98. The Kier molecular flexibility index (Phi) is 4.93. The lowest BCUT2D eigenvalue weighted by atomic mass is 10.0. The quantitative estimate of drug-likeness (QED) is 0.818. The topological polar surface area (TPSA) is 78.1 Å². The van der Waals surface area contributed by atoms with Gasteiger partial charge in [0.2, 0.25) is 0 Å². The molecule has 5 nitrogen and oxygen atoms in total. The molecule has 0 aliphatic rings. The Morgan fingerprint density at radius 1 is 1.61 bits per heavy atom. The fourth-order valence-corrected chi connectivity index (χ4v) is 1.61. The number of nitrogens with zero attached hydrogens (tertiary/aromatic N) is 2. The molecule has 18 heavy (non-hydrogen) atoms. The van der Waals surface area contributed by atoms with E-state index in [0.717, 1.165) is 0 Å². The Bertz CT molecular complexity index is 457. The lowest BCUT2D eigenvalue weighted by Gasteiger charge is -2.14. The molecule has 0 aliphatic carbocycles. The van der Waals surface area contributed by atoms with Crippen LogP contribution in [0.5, 0.6) is 0 Å². The molecule has 0 spiro atoms. The normalized spacial score (nSPS) is 12.2. The summed E-state index contributed by atoms with van der Waals surface area (Å²) in [5.41, 5.74) is 0.912. The number of nitrogens with one attached hydrogen (secondary N) is 1. The van der Waals surface area contributed by atoms with Crippen molar-refractivity contribution in [1.29, 1.82) is 5.26 Å². The van der Waals surface area contributed by atoms with Gasteiger partial charge in [0, 0.05) is 19.8 Å². The van der Waals surface area contributed by atoms with Crippen LogP contribution < -0.4 is 5.32 Å². The zero-order valence-electron chi connectivity index (χ0n) is 11.0. The number of aliphatic hydroxyl groups is 1. The molecule has 0 radical (unpaired) electrons. The van der Waals surface area contributed by atoms with E-state index in [0.29, 0.717) is 24.2 Å². The summed E-state index contributed by atoms with van der Waals surface area (Å²) >= 11 is 0. The van der Waals surface area contributed by atoms with Gasteiger partial charge in [-0.3, -0.25) is 4.79 Å². The molecular weight excluding hydrogens is 230 g/mol. The Morgan fingerprint density at radius 3 is 2.78 bits per heavy atom. The van der Waals surface area contributed by atoms with E-state index in [-0.39, 0.29) is 11.8 Å². The molecule has 1 unspecified atom stereocenters. The number of amides is 1. The number of hydrogen-bond donors (Lipinski definition) is 2. The summed E-state index contributed by atoms with van der Waals surface area (Å²) in [6.07, 6.45) is 1.73. The van der Waals surface area contributed by atoms with Gasteiger partial charge in [-0.25, -0.2) is 0 Å². The molecule has 1 heterocycles. The molecule has 1 atom stereocenters. The lowest BCUT2D eigenvalue weighted by Crippen LogP contribution is -2.29. The van der Waals surface area contributed by atoms with Crippen LogP contribution in [0.15, 0.2) is 12.3 Å². The summed E-state index contributed by atoms with van der Waals surface area (Å²) in [7, 11) is 1.72. The molecule has 0 saturated heterocycles. The minimum atomic E-state index is -0.409. The van der Waals surface area contributed by atoms with Crippen molar-refractivity contribution in [3.05, 3.63) is 23.5 Å². The second kappa shape index (κ2) is 6.22. The van der Waals surface area contributed by atoms with E-state index < -0.39 is 6.10 Å². The molecule has 98 valence electrons. The van der Waals surface area contributed by atoms with Gasteiger partial charge in [-0.1, -0.05) is 13.8 Å². The van der Waals surface area contributed by atoms with E-state index in [1.165, 1.54) is 0 Å². The first-order chi connectivity index (χ1) is 8.45. The fourth-order valence-electron chi connectivity index (χ4n) is 1.61. The van der Waals surface area contributed by atoms with Crippen LogP contribution in [-0.2, 0) is 7.05 Å². The smallest absolute Gasteiger partial charge is 0.267 e. The summed E-state index contributed by atoms with van der Waals surface area (Å²) < 4.78 is 1.62. The predicted octanol–water partition coefficient (Wildman–Crippen LogP) is 1.03. The molecule has 5 heteroatoms. The van der Waals surface area contributed by atoms with E-state index in [1.54, 1.807) is 23.9 Å². The third-order valence-corrected chi connectivity index (χ3v) is 2.86. The Labute approximate surface area is 107 Å². The predicted molar refractivity (Wildman–Crippen MR) is 67.9 cm³/mol. The van der Waals surface area contributed by atoms with Crippen molar-refractivity contribution in [3.63, 3.8) is 0 Å². The Hall–Kier alpha value is -1.80. The van der Waals surface area contributed by atoms with Crippen LogP contribution in [0.25, 0.3) is 0 Å². The molecule has 0 aliphatic heterocycles. The number of aryl methyl sites for hydroxylation is 1. The van der Waals surface area contributed by atoms with E-state index in [4.69, 9.17) is 5.26 Å². The number of nitriles is 1. The second-order valence-corrected chi connectivity index (χ2v) is 4.69. The summed E-state index contributed by atoms with van der Waals surface area (Å²) in [5, 5.41) is 21.1. The maximum absolute atomic E-state index is 11.8. The largest absolute Gasteiger partial charge is 0.393 e. The average Bonchev–Trinajstić information content (AvgIpc) is 2.70. The fraction of sp³-hybridized carbons (Fsp3) is 0.538. The van der Waals surface area contributed by atoms with Crippen LogP contribution >= 0.6 is 0 Å². The number of hydrogen-bond acceptors (Lipinski definition) is 3. The van der Waals surface area contributed by atoms with Crippen molar-refractivity contribution in [1.82, 2.24) is 9.88 Å². The molecule has 2 N–H and O–H groups in total. The van der Waals surface area contributed by atoms with Gasteiger partial charge in [-0.05, 0) is 18.4 Å². The highest BCUT2D eigenvalue weighted by molar-refractivity contribution is 5.93. The Morgan fingerprint density at radius 2 is 2.28 bits per heavy atom. The summed E-state index contributed by atoms with van der Waals surface area (Å²) in [5.74, 6) is -0.0444. The molecule has 1 rings (SSSR count). The third kappa shape index (κ3) is 3.60. The van der Waals surface area contributed by atoms with Crippen molar-refractivity contribution in [2.24, 2.45) is 13.0 Å². The molecular formula is C13H19N3O2. The van der Waals surface area contributed by atoms with Gasteiger partial charge in [0.1, 0.15) is 11.8 Å². The maximum atomic E-state index is 11.8. The molecule has 1 aromatic rings. The highest BCUT2D eigenvalue weighted by Gasteiger charge is 2.13. The summed E-state index contributed by atoms with van der Waals surface area (Å²) in [4.78, 5) is 11.8. The Balaban J connectivity index is 2.51. The van der Waals surface area contributed by atoms with Gasteiger partial charge < -0.3 is 15.0 Å². The minimum absolute atomic E-state index is 0.183. The monoisotopic (exact) mass is 249 g/mol. The van der Waals surface area contributed by atoms with Crippen LogP contribution in [0.4, 0.5) is 0 Å². The van der Waals surface area contributed by atoms with Crippen LogP contribution in [0.1, 0.15) is 36.3 Å². The van der Waals surface area contributed by atoms with Crippen LogP contribution in [0.3, 0.4) is 0 Å². The average molecular weight is 249 g/mol. The number of carbonyl (C=O) groups excluding carboxylic acids is 1. The van der Waals surface area contributed by atoms with E-state index in [1.807, 2.05) is 19.9 Å². The first kappa shape index (κ1) is 14.3. The highest BCUT2D eigenvalue weighted by Crippen LogP contribution is 2.07. The van der Waals surface area contributed by atoms with Crippen molar-refractivity contribution >= 4 is 5.91 Å². The zero-order valence-corrected chi connectivity index (χ0v) is 11.0. The standard InChI is InChI=1S/C13H19N3O2/c1-9(2)12(17)4-5-15-13(18)11-6-10(7-14)8-16(11)3/h6,8-9,12,17H,4-5H2,1-3H3,(H,15,18). The number of aliphatic hydroxyl groups excluding tert-OH is 1. The summed E-state index contributed by atoms with van der Waals surface area (Å²) in [6, 6.07) is 3.54. The van der Waals surface area contributed by atoms with Crippen molar-refractivity contribution < 1.29 is 9.90 Å². The maximum Gasteiger partial charge on any atom is 0.267 e. The van der Waals surface area contributed by atoms with Gasteiger partial charge in [-0.15, -0.1) is 0 Å². The lowest BCUT2D eigenvalue weighted by molar-refractivity contribution is 0.0913. The molecule has 0 saturated carbocycles. The number of rotatable bonds is 5. The van der Waals surface area contributed by atoms with Gasteiger partial charge in [0.25, 0.3) is 5.91 Å². The van der Waals surface area contributed by atoms with Crippen molar-refractivity contribution in [3.8, 4) is 6.07 Å². The van der Waals surface area contributed by atoms with E-state index in [2.05, 4.69) is 5.32 Å². The molecule has 1 aromatic heterocycles. The number of carbonyl (C=O) groups is 1. The third-order valence-electron chi connectivity index (χ3n) is 2.86. The molecule has 0 aromatic carbocycles. The second-order valence-electron chi connectivity index (χ2n) is 4.69. The van der Waals surface area contributed by atoms with Gasteiger partial charge in [-0.2, -0.15) is 5.26 Å². The van der Waals surface area contributed by atoms with Crippen LogP contribution in [0, 0.1) is 17.2 Å². The molecule has 1 amide bonds. The highest BCUT2D eigenvalue weighted by atomic mass is 16.3. The number of aromatic nitrogens is 1. The van der Waals surface area contributed by atoms with Gasteiger partial charge >= 0.3 is 0 Å². The SMILES string of the molecule is CC(C)C(O)CCNC(=O)c1cc(C#N)cn1C. The van der Waals surface area contributed by atoms with Gasteiger partial charge in [0.15, 0.2) is 0 Å². The molecule has 0 bridgehead atoms. The van der Waals surface area contributed by atoms with E-state index in [9.17, 15) is 9.90 Å².